The second kappa shape index (κ2) is 6.13. The standard InChI is InChI=1S/C20H26N2O3/c1-13(22-16-6-7-17(22)11-20(10-16)8-9-20)18(23)21-12-14-2-4-15(5-3-14)19(24)25/h2-5,13,16-17H,6-12H2,1H3,(H,21,23)(H,24,25). The van der Waals surface area contributed by atoms with Gasteiger partial charge in [0.15, 0.2) is 0 Å². The highest BCUT2D eigenvalue weighted by Gasteiger charge is 2.55. The van der Waals surface area contributed by atoms with Crippen molar-refractivity contribution in [2.24, 2.45) is 5.41 Å². The van der Waals surface area contributed by atoms with Crippen molar-refractivity contribution in [3.05, 3.63) is 35.4 Å². The summed E-state index contributed by atoms with van der Waals surface area (Å²) in [6.07, 6.45) is 7.80. The van der Waals surface area contributed by atoms with Gasteiger partial charge in [0.2, 0.25) is 5.91 Å². The van der Waals surface area contributed by atoms with Gasteiger partial charge in [-0.25, -0.2) is 4.79 Å². The van der Waals surface area contributed by atoms with Crippen LogP contribution in [0.4, 0.5) is 0 Å². The van der Waals surface area contributed by atoms with E-state index in [2.05, 4.69) is 10.2 Å². The largest absolute Gasteiger partial charge is 0.478 e. The van der Waals surface area contributed by atoms with E-state index in [0.717, 1.165) is 5.56 Å². The predicted octanol–water partition coefficient (Wildman–Crippen LogP) is 2.80. The van der Waals surface area contributed by atoms with Gasteiger partial charge in [0.25, 0.3) is 0 Å². The lowest BCUT2D eigenvalue weighted by molar-refractivity contribution is -0.128. The van der Waals surface area contributed by atoms with E-state index < -0.39 is 5.97 Å². The molecule has 4 rings (SSSR count). The number of piperidine rings is 1. The summed E-state index contributed by atoms with van der Waals surface area (Å²) in [7, 11) is 0. The third-order valence-corrected chi connectivity index (χ3v) is 6.47. The second-order valence-corrected chi connectivity index (χ2v) is 8.14. The first kappa shape index (κ1) is 16.6. The Morgan fingerprint density at radius 1 is 1.20 bits per heavy atom. The van der Waals surface area contributed by atoms with Crippen molar-refractivity contribution < 1.29 is 14.7 Å². The summed E-state index contributed by atoms with van der Waals surface area (Å²) in [6, 6.07) is 7.74. The summed E-state index contributed by atoms with van der Waals surface area (Å²) in [5.41, 5.74) is 1.82. The zero-order valence-electron chi connectivity index (χ0n) is 14.7. The fourth-order valence-corrected chi connectivity index (χ4v) is 4.93. The SMILES string of the molecule is CC(C(=O)NCc1ccc(C(=O)O)cc1)N1C2CCC1CC1(CC1)C2. The minimum absolute atomic E-state index is 0.0750. The number of benzene rings is 1. The Bertz CT molecular complexity index is 665. The summed E-state index contributed by atoms with van der Waals surface area (Å²) < 4.78 is 0. The Morgan fingerprint density at radius 3 is 2.32 bits per heavy atom. The number of aromatic carboxylic acids is 1. The van der Waals surface area contributed by atoms with Gasteiger partial charge in [-0.15, -0.1) is 0 Å². The minimum Gasteiger partial charge on any atom is -0.478 e. The number of rotatable bonds is 5. The van der Waals surface area contributed by atoms with Gasteiger partial charge in [-0.1, -0.05) is 12.1 Å². The maximum Gasteiger partial charge on any atom is 0.335 e. The van der Waals surface area contributed by atoms with Crippen LogP contribution in [0.25, 0.3) is 0 Å². The third kappa shape index (κ3) is 3.17. The van der Waals surface area contributed by atoms with Gasteiger partial charge in [0.05, 0.1) is 11.6 Å². The quantitative estimate of drug-likeness (QED) is 0.863. The van der Waals surface area contributed by atoms with Crippen LogP contribution < -0.4 is 5.32 Å². The first-order valence-corrected chi connectivity index (χ1v) is 9.35. The van der Waals surface area contributed by atoms with E-state index in [-0.39, 0.29) is 17.5 Å². The molecule has 1 aromatic rings. The molecule has 5 nitrogen and oxygen atoms in total. The predicted molar refractivity (Wildman–Crippen MR) is 94.3 cm³/mol. The van der Waals surface area contributed by atoms with Gasteiger partial charge >= 0.3 is 5.97 Å². The first-order valence-electron chi connectivity index (χ1n) is 9.35. The Morgan fingerprint density at radius 2 is 1.80 bits per heavy atom. The topological polar surface area (TPSA) is 69.6 Å². The van der Waals surface area contributed by atoms with Gasteiger partial charge < -0.3 is 10.4 Å². The van der Waals surface area contributed by atoms with E-state index in [0.29, 0.717) is 24.0 Å². The number of carbonyl (C=O) groups is 2. The molecular weight excluding hydrogens is 316 g/mol. The Labute approximate surface area is 148 Å². The van der Waals surface area contributed by atoms with Crippen molar-refractivity contribution in [2.45, 2.75) is 70.1 Å². The van der Waals surface area contributed by atoms with Crippen LogP contribution in [-0.4, -0.2) is 40.0 Å². The average molecular weight is 342 g/mol. The number of carbonyl (C=O) groups excluding carboxylic acids is 1. The normalized spacial score (nSPS) is 27.9. The minimum atomic E-state index is -0.932. The third-order valence-electron chi connectivity index (χ3n) is 6.47. The zero-order valence-corrected chi connectivity index (χ0v) is 14.7. The number of nitrogens with zero attached hydrogens (tertiary/aromatic N) is 1. The molecule has 3 atom stereocenters. The highest BCUT2D eigenvalue weighted by molar-refractivity contribution is 5.87. The van der Waals surface area contributed by atoms with E-state index in [1.807, 2.05) is 6.92 Å². The van der Waals surface area contributed by atoms with E-state index in [1.165, 1.54) is 38.5 Å². The summed E-state index contributed by atoms with van der Waals surface area (Å²) in [5, 5.41) is 12.0. The van der Waals surface area contributed by atoms with Gasteiger partial charge in [-0.3, -0.25) is 9.69 Å². The molecule has 134 valence electrons. The molecule has 3 aliphatic rings. The molecule has 5 heteroatoms. The van der Waals surface area contributed by atoms with Gasteiger partial charge in [0, 0.05) is 18.6 Å². The number of fused-ring (bicyclic) bond motifs is 2. The lowest BCUT2D eigenvalue weighted by Gasteiger charge is -2.42. The molecule has 2 bridgehead atoms. The molecule has 3 fully saturated rings. The van der Waals surface area contributed by atoms with Gasteiger partial charge in [0.1, 0.15) is 0 Å². The number of hydrogen-bond donors (Lipinski definition) is 2. The van der Waals surface area contributed by atoms with E-state index >= 15 is 0 Å². The number of hydrogen-bond acceptors (Lipinski definition) is 3. The summed E-state index contributed by atoms with van der Waals surface area (Å²) >= 11 is 0. The van der Waals surface area contributed by atoms with E-state index in [9.17, 15) is 9.59 Å². The number of carboxylic acid groups (broad SMARTS) is 1. The fourth-order valence-electron chi connectivity index (χ4n) is 4.93. The zero-order chi connectivity index (χ0) is 17.6. The van der Waals surface area contributed by atoms with Crippen LogP contribution in [0, 0.1) is 5.41 Å². The molecule has 0 radical (unpaired) electrons. The van der Waals surface area contributed by atoms with Crippen LogP contribution in [0.15, 0.2) is 24.3 Å². The van der Waals surface area contributed by atoms with Crippen molar-refractivity contribution in [3.8, 4) is 0 Å². The van der Waals surface area contributed by atoms with E-state index in [1.54, 1.807) is 24.3 Å². The first-order chi connectivity index (χ1) is 12.0. The van der Waals surface area contributed by atoms with Crippen LogP contribution in [0.1, 0.15) is 61.4 Å². The smallest absolute Gasteiger partial charge is 0.335 e. The van der Waals surface area contributed by atoms with Crippen LogP contribution in [0.3, 0.4) is 0 Å². The molecule has 25 heavy (non-hydrogen) atoms. The molecule has 3 unspecified atom stereocenters. The summed E-state index contributed by atoms with van der Waals surface area (Å²) in [5.74, 6) is -0.857. The molecule has 2 N–H and O–H groups in total. The molecule has 1 saturated carbocycles. The maximum atomic E-state index is 12.6. The lowest BCUT2D eigenvalue weighted by Crippen LogP contribution is -2.53. The van der Waals surface area contributed by atoms with E-state index in [4.69, 9.17) is 5.11 Å². The molecule has 1 amide bonds. The van der Waals surface area contributed by atoms with Crippen LogP contribution in [-0.2, 0) is 11.3 Å². The Kier molecular flexibility index (Phi) is 4.07. The fraction of sp³-hybridized carbons (Fsp3) is 0.600. The van der Waals surface area contributed by atoms with Crippen LogP contribution >= 0.6 is 0 Å². The molecule has 1 aromatic carbocycles. The molecule has 1 aliphatic carbocycles. The Balaban J connectivity index is 1.34. The van der Waals surface area contributed by atoms with Gasteiger partial charge in [-0.05, 0) is 68.6 Å². The number of nitrogens with one attached hydrogen (secondary N) is 1. The number of carboxylic acids is 1. The molecule has 1 spiro atoms. The van der Waals surface area contributed by atoms with Gasteiger partial charge in [-0.2, -0.15) is 0 Å². The average Bonchev–Trinajstić information content (AvgIpc) is 3.29. The number of amides is 1. The monoisotopic (exact) mass is 342 g/mol. The molecule has 0 aromatic heterocycles. The highest BCUT2D eigenvalue weighted by atomic mass is 16.4. The van der Waals surface area contributed by atoms with Crippen LogP contribution in [0.5, 0.6) is 0 Å². The van der Waals surface area contributed by atoms with Crippen molar-refractivity contribution in [1.29, 1.82) is 0 Å². The van der Waals surface area contributed by atoms with Crippen molar-refractivity contribution in [3.63, 3.8) is 0 Å². The second-order valence-electron chi connectivity index (χ2n) is 8.14. The maximum absolute atomic E-state index is 12.6. The molecule has 2 aliphatic heterocycles. The summed E-state index contributed by atoms with van der Waals surface area (Å²) in [6.45, 7) is 2.47. The van der Waals surface area contributed by atoms with Crippen molar-refractivity contribution in [1.82, 2.24) is 10.2 Å². The Hall–Kier alpha value is -1.88. The molecule has 2 saturated heterocycles. The highest BCUT2D eigenvalue weighted by Crippen LogP contribution is 2.60. The lowest BCUT2D eigenvalue weighted by atomic mass is 9.87. The van der Waals surface area contributed by atoms with Crippen molar-refractivity contribution in [2.75, 3.05) is 0 Å². The summed E-state index contributed by atoms with van der Waals surface area (Å²) in [4.78, 5) is 26.0. The molecular formula is C20H26N2O3. The van der Waals surface area contributed by atoms with Crippen LogP contribution in [0.2, 0.25) is 0 Å². The van der Waals surface area contributed by atoms with Crippen molar-refractivity contribution >= 4 is 11.9 Å². The molecule has 2 heterocycles.